The molecule has 0 saturated carbocycles. The third-order valence-corrected chi connectivity index (χ3v) is 4.50. The number of sulfonamides is 1. The maximum atomic E-state index is 12.8. The molecule has 0 heterocycles. The van der Waals surface area contributed by atoms with E-state index in [2.05, 4.69) is 9.46 Å². The van der Waals surface area contributed by atoms with Gasteiger partial charge in [0, 0.05) is 0 Å². The zero-order chi connectivity index (χ0) is 17.0. The number of rotatable bonds is 5. The van der Waals surface area contributed by atoms with E-state index >= 15 is 0 Å². The molecule has 0 fully saturated rings. The molecule has 122 valence electrons. The lowest BCUT2D eigenvalue weighted by Gasteiger charge is -2.11. The maximum Gasteiger partial charge on any atom is 0.337 e. The van der Waals surface area contributed by atoms with Crippen molar-refractivity contribution in [2.75, 3.05) is 11.8 Å². The largest absolute Gasteiger partial charge is 0.465 e. The monoisotopic (exact) mass is 357 g/mol. The van der Waals surface area contributed by atoms with E-state index in [1.54, 1.807) is 0 Å². The van der Waals surface area contributed by atoms with Crippen LogP contribution in [-0.4, -0.2) is 21.5 Å². The van der Waals surface area contributed by atoms with Gasteiger partial charge in [0.15, 0.2) is 0 Å². The summed E-state index contributed by atoms with van der Waals surface area (Å²) in [7, 11) is -2.56. The average molecular weight is 358 g/mol. The molecule has 0 radical (unpaired) electrons. The number of anilines is 1. The molecule has 23 heavy (non-hydrogen) atoms. The van der Waals surface area contributed by atoms with E-state index in [1.165, 1.54) is 49.6 Å². The summed E-state index contributed by atoms with van der Waals surface area (Å²) in [5, 5.41) is 0.139. The molecule has 2 aromatic rings. The first kappa shape index (κ1) is 17.2. The van der Waals surface area contributed by atoms with Gasteiger partial charge in [-0.2, -0.15) is 0 Å². The number of carbonyl (C=O) groups is 1. The van der Waals surface area contributed by atoms with Crippen LogP contribution in [0.5, 0.6) is 0 Å². The highest BCUT2D eigenvalue weighted by Gasteiger charge is 2.16. The predicted molar refractivity (Wildman–Crippen MR) is 85.4 cm³/mol. The molecule has 2 rings (SSSR count). The standard InChI is InChI=1S/C15H13ClFNO4S/c1-22-15(19)11-4-7-13(16)14(8-11)18-23(20,21)9-10-2-5-12(17)6-3-10/h2-8,18H,9H2,1H3. The SMILES string of the molecule is COC(=O)c1ccc(Cl)c(NS(=O)(=O)Cc2ccc(F)cc2)c1. The van der Waals surface area contributed by atoms with Crippen LogP contribution in [0.25, 0.3) is 0 Å². The fourth-order valence-corrected chi connectivity index (χ4v) is 3.28. The lowest BCUT2D eigenvalue weighted by atomic mass is 10.2. The van der Waals surface area contributed by atoms with Crippen molar-refractivity contribution in [2.45, 2.75) is 5.75 Å². The van der Waals surface area contributed by atoms with Crippen LogP contribution >= 0.6 is 11.6 Å². The van der Waals surface area contributed by atoms with E-state index in [0.717, 1.165) is 0 Å². The maximum absolute atomic E-state index is 12.8. The molecule has 5 nitrogen and oxygen atoms in total. The summed E-state index contributed by atoms with van der Waals surface area (Å²) in [6.45, 7) is 0. The van der Waals surface area contributed by atoms with Gasteiger partial charge in [-0.3, -0.25) is 4.72 Å². The smallest absolute Gasteiger partial charge is 0.337 e. The van der Waals surface area contributed by atoms with Gasteiger partial charge in [-0.05, 0) is 35.9 Å². The number of hydrogen-bond donors (Lipinski definition) is 1. The minimum atomic E-state index is -3.78. The summed E-state index contributed by atoms with van der Waals surface area (Å²) in [6.07, 6.45) is 0. The van der Waals surface area contributed by atoms with E-state index in [9.17, 15) is 17.6 Å². The van der Waals surface area contributed by atoms with Crippen LogP contribution < -0.4 is 4.72 Å². The van der Waals surface area contributed by atoms with Crippen molar-refractivity contribution in [3.8, 4) is 0 Å². The Labute approximate surface area is 138 Å². The van der Waals surface area contributed by atoms with Crippen LogP contribution in [0.1, 0.15) is 15.9 Å². The number of esters is 1. The minimum Gasteiger partial charge on any atom is -0.465 e. The molecule has 0 unspecified atom stereocenters. The summed E-state index contributed by atoms with van der Waals surface area (Å²) >= 11 is 5.95. The Bertz CT molecular complexity index is 822. The molecule has 0 aliphatic heterocycles. The molecule has 0 aliphatic carbocycles. The number of ether oxygens (including phenoxy) is 1. The Morgan fingerprint density at radius 3 is 2.48 bits per heavy atom. The first-order valence-electron chi connectivity index (χ1n) is 6.43. The second kappa shape index (κ2) is 6.97. The summed E-state index contributed by atoms with van der Waals surface area (Å²) in [4.78, 5) is 11.5. The molecular formula is C15H13ClFNO4S. The van der Waals surface area contributed by atoms with Crippen molar-refractivity contribution in [3.05, 3.63) is 64.4 Å². The van der Waals surface area contributed by atoms with E-state index in [4.69, 9.17) is 11.6 Å². The van der Waals surface area contributed by atoms with E-state index < -0.39 is 21.8 Å². The van der Waals surface area contributed by atoms with Crippen LogP contribution in [0.4, 0.5) is 10.1 Å². The lowest BCUT2D eigenvalue weighted by molar-refractivity contribution is 0.0601. The van der Waals surface area contributed by atoms with E-state index in [0.29, 0.717) is 5.56 Å². The number of nitrogens with one attached hydrogen (secondary N) is 1. The van der Waals surface area contributed by atoms with Gasteiger partial charge in [0.1, 0.15) is 5.82 Å². The third-order valence-electron chi connectivity index (χ3n) is 2.92. The fourth-order valence-electron chi connectivity index (χ4n) is 1.85. The average Bonchev–Trinajstić information content (AvgIpc) is 2.50. The fraction of sp³-hybridized carbons (Fsp3) is 0.133. The Kier molecular flexibility index (Phi) is 5.23. The molecular weight excluding hydrogens is 345 g/mol. The summed E-state index contributed by atoms with van der Waals surface area (Å²) < 4.78 is 44.1. The van der Waals surface area contributed by atoms with Crippen molar-refractivity contribution in [1.29, 1.82) is 0 Å². The van der Waals surface area contributed by atoms with Crippen molar-refractivity contribution >= 4 is 33.3 Å². The molecule has 2 aromatic carbocycles. The minimum absolute atomic E-state index is 0.0664. The normalized spacial score (nSPS) is 11.1. The van der Waals surface area contributed by atoms with Gasteiger partial charge in [0.2, 0.25) is 10.0 Å². The van der Waals surface area contributed by atoms with Gasteiger partial charge < -0.3 is 4.74 Å². The Morgan fingerprint density at radius 2 is 1.87 bits per heavy atom. The molecule has 0 aliphatic rings. The molecule has 0 aromatic heterocycles. The highest BCUT2D eigenvalue weighted by atomic mass is 35.5. The first-order chi connectivity index (χ1) is 10.8. The van der Waals surface area contributed by atoms with Gasteiger partial charge in [0.25, 0.3) is 0 Å². The number of hydrogen-bond acceptors (Lipinski definition) is 4. The molecule has 0 spiro atoms. The summed E-state index contributed by atoms with van der Waals surface area (Å²) in [5.41, 5.74) is 0.646. The first-order valence-corrected chi connectivity index (χ1v) is 8.46. The van der Waals surface area contributed by atoms with Crippen LogP contribution in [0.3, 0.4) is 0 Å². The van der Waals surface area contributed by atoms with Gasteiger partial charge in [-0.15, -0.1) is 0 Å². The zero-order valence-electron chi connectivity index (χ0n) is 12.0. The number of benzene rings is 2. The third kappa shape index (κ3) is 4.67. The number of carbonyl (C=O) groups excluding carboxylic acids is 1. The topological polar surface area (TPSA) is 72.5 Å². The molecule has 0 saturated heterocycles. The predicted octanol–water partition coefficient (Wildman–Crippen LogP) is 3.21. The number of methoxy groups -OCH3 is 1. The van der Waals surface area contributed by atoms with Crippen molar-refractivity contribution < 1.29 is 22.3 Å². The lowest BCUT2D eigenvalue weighted by Crippen LogP contribution is -2.16. The Balaban J connectivity index is 2.22. The quantitative estimate of drug-likeness (QED) is 0.834. The summed E-state index contributed by atoms with van der Waals surface area (Å²) in [5.74, 6) is -1.42. The van der Waals surface area contributed by atoms with Crippen molar-refractivity contribution in [3.63, 3.8) is 0 Å². The molecule has 8 heteroatoms. The summed E-state index contributed by atoms with van der Waals surface area (Å²) in [6, 6.07) is 9.21. The van der Waals surface area contributed by atoms with Gasteiger partial charge in [0.05, 0.1) is 29.1 Å². The van der Waals surface area contributed by atoms with Gasteiger partial charge in [-0.1, -0.05) is 23.7 Å². The molecule has 1 N–H and O–H groups in total. The van der Waals surface area contributed by atoms with Crippen LogP contribution in [0.15, 0.2) is 42.5 Å². The van der Waals surface area contributed by atoms with Crippen molar-refractivity contribution in [1.82, 2.24) is 0 Å². The Hall–Kier alpha value is -2.12. The van der Waals surface area contributed by atoms with E-state index in [-0.39, 0.29) is 22.0 Å². The molecule has 0 amide bonds. The Morgan fingerprint density at radius 1 is 1.22 bits per heavy atom. The highest BCUT2D eigenvalue weighted by Crippen LogP contribution is 2.25. The van der Waals surface area contributed by atoms with Gasteiger partial charge >= 0.3 is 5.97 Å². The van der Waals surface area contributed by atoms with Gasteiger partial charge in [-0.25, -0.2) is 17.6 Å². The van der Waals surface area contributed by atoms with Crippen LogP contribution in [0, 0.1) is 5.82 Å². The van der Waals surface area contributed by atoms with Crippen LogP contribution in [0.2, 0.25) is 5.02 Å². The highest BCUT2D eigenvalue weighted by molar-refractivity contribution is 7.91. The zero-order valence-corrected chi connectivity index (χ0v) is 13.6. The molecule has 0 atom stereocenters. The second-order valence-electron chi connectivity index (χ2n) is 4.67. The van der Waals surface area contributed by atoms with E-state index in [1.807, 2.05) is 0 Å². The number of halogens is 2. The van der Waals surface area contributed by atoms with Crippen LogP contribution in [-0.2, 0) is 20.5 Å². The van der Waals surface area contributed by atoms with Crippen molar-refractivity contribution in [2.24, 2.45) is 0 Å². The molecule has 0 bridgehead atoms. The second-order valence-corrected chi connectivity index (χ2v) is 6.80.